The highest BCUT2D eigenvalue weighted by molar-refractivity contribution is 6.05. The molecule has 1 aromatic rings. The lowest BCUT2D eigenvalue weighted by molar-refractivity contribution is -0.128. The molecule has 0 radical (unpaired) electrons. The lowest BCUT2D eigenvalue weighted by Crippen LogP contribution is -2.51. The number of aryl methyl sites for hydroxylation is 1. The van der Waals surface area contributed by atoms with Gasteiger partial charge in [0.15, 0.2) is 0 Å². The number of piperazine rings is 1. The molecular weight excluding hydrogens is 236 g/mol. The van der Waals surface area contributed by atoms with Gasteiger partial charge in [0.25, 0.3) is 0 Å². The number of hydrogen-bond donors (Lipinski definition) is 2. The highest BCUT2D eigenvalue weighted by Gasteiger charge is 2.25. The fourth-order valence-electron chi connectivity index (χ4n) is 1.87. The molecule has 0 bridgehead atoms. The van der Waals surface area contributed by atoms with Crippen LogP contribution in [0.3, 0.4) is 0 Å². The summed E-state index contributed by atoms with van der Waals surface area (Å²) in [6, 6.07) is 4.46. The number of carbonyl (C=O) groups excluding carboxylic acids is 2. The highest BCUT2D eigenvalue weighted by atomic mass is 16.4. The molecule has 1 aliphatic heterocycles. The van der Waals surface area contributed by atoms with Crippen LogP contribution in [-0.4, -0.2) is 36.0 Å². The monoisotopic (exact) mass is 248 g/mol. The summed E-state index contributed by atoms with van der Waals surface area (Å²) < 4.78 is 0. The number of benzene rings is 1. The van der Waals surface area contributed by atoms with Gasteiger partial charge in [-0.1, -0.05) is 0 Å². The lowest BCUT2D eigenvalue weighted by atomic mass is 10.1. The predicted molar refractivity (Wildman–Crippen MR) is 63.5 cm³/mol. The topological polar surface area (TPSA) is 86.7 Å². The Morgan fingerprint density at radius 1 is 1.39 bits per heavy atom. The van der Waals surface area contributed by atoms with Crippen LogP contribution in [0.4, 0.5) is 5.69 Å². The van der Waals surface area contributed by atoms with Crippen LogP contribution in [0.15, 0.2) is 18.2 Å². The summed E-state index contributed by atoms with van der Waals surface area (Å²) in [5, 5.41) is 11.3. The molecule has 1 fully saturated rings. The van der Waals surface area contributed by atoms with Crippen molar-refractivity contribution in [1.82, 2.24) is 5.32 Å². The Kier molecular flexibility index (Phi) is 3.01. The molecule has 0 spiro atoms. The number of anilines is 1. The van der Waals surface area contributed by atoms with E-state index in [4.69, 9.17) is 5.11 Å². The van der Waals surface area contributed by atoms with Crippen molar-refractivity contribution >= 4 is 23.5 Å². The minimum Gasteiger partial charge on any atom is -0.478 e. The molecule has 0 saturated carbocycles. The predicted octanol–water partition coefficient (Wildman–Crippen LogP) is 0.156. The van der Waals surface area contributed by atoms with Gasteiger partial charge in [0.2, 0.25) is 11.8 Å². The zero-order chi connectivity index (χ0) is 13.3. The van der Waals surface area contributed by atoms with E-state index in [2.05, 4.69) is 5.32 Å². The first kappa shape index (κ1) is 12.1. The molecule has 94 valence electrons. The standard InChI is InChI=1S/C12H12N2O4/c1-7-4-8(12(17)18)2-3-9(7)14-6-10(15)13-5-11(14)16/h2-4H,5-6H2,1H3,(H,13,15)(H,17,18). The highest BCUT2D eigenvalue weighted by Crippen LogP contribution is 2.22. The van der Waals surface area contributed by atoms with E-state index in [9.17, 15) is 14.4 Å². The molecule has 0 aliphatic carbocycles. The Hall–Kier alpha value is -2.37. The van der Waals surface area contributed by atoms with Crippen molar-refractivity contribution in [3.05, 3.63) is 29.3 Å². The second kappa shape index (κ2) is 4.48. The SMILES string of the molecule is Cc1cc(C(=O)O)ccc1N1CC(=O)NCC1=O. The van der Waals surface area contributed by atoms with Gasteiger partial charge in [-0.2, -0.15) is 0 Å². The van der Waals surface area contributed by atoms with Crippen molar-refractivity contribution in [2.24, 2.45) is 0 Å². The minimum atomic E-state index is -1.02. The molecule has 1 aliphatic rings. The number of nitrogens with zero attached hydrogens (tertiary/aromatic N) is 1. The maximum atomic E-state index is 11.7. The van der Waals surface area contributed by atoms with Crippen LogP contribution in [0.2, 0.25) is 0 Å². The fraction of sp³-hybridized carbons (Fsp3) is 0.250. The van der Waals surface area contributed by atoms with Crippen LogP contribution in [0.25, 0.3) is 0 Å². The number of aromatic carboxylic acids is 1. The first-order valence-electron chi connectivity index (χ1n) is 5.40. The zero-order valence-corrected chi connectivity index (χ0v) is 9.77. The molecule has 2 N–H and O–H groups in total. The third-order valence-corrected chi connectivity index (χ3v) is 2.77. The van der Waals surface area contributed by atoms with Crippen LogP contribution < -0.4 is 10.2 Å². The van der Waals surface area contributed by atoms with Gasteiger partial charge in [0.1, 0.15) is 6.54 Å². The second-order valence-electron chi connectivity index (χ2n) is 4.06. The van der Waals surface area contributed by atoms with E-state index in [1.165, 1.54) is 17.0 Å². The maximum absolute atomic E-state index is 11.7. The van der Waals surface area contributed by atoms with Crippen molar-refractivity contribution in [1.29, 1.82) is 0 Å². The fourth-order valence-corrected chi connectivity index (χ4v) is 1.87. The van der Waals surface area contributed by atoms with Crippen LogP contribution in [-0.2, 0) is 9.59 Å². The number of rotatable bonds is 2. The van der Waals surface area contributed by atoms with E-state index >= 15 is 0 Å². The van der Waals surface area contributed by atoms with E-state index in [0.717, 1.165) is 0 Å². The average Bonchev–Trinajstić information content (AvgIpc) is 2.32. The van der Waals surface area contributed by atoms with Crippen LogP contribution in [0.5, 0.6) is 0 Å². The van der Waals surface area contributed by atoms with E-state index in [1.54, 1.807) is 13.0 Å². The normalized spacial score (nSPS) is 15.5. The van der Waals surface area contributed by atoms with Gasteiger partial charge < -0.3 is 15.3 Å². The Bertz CT molecular complexity index is 539. The van der Waals surface area contributed by atoms with Gasteiger partial charge in [-0.3, -0.25) is 9.59 Å². The summed E-state index contributed by atoms with van der Waals surface area (Å²) in [5.74, 6) is -1.45. The van der Waals surface area contributed by atoms with E-state index < -0.39 is 5.97 Å². The summed E-state index contributed by atoms with van der Waals surface area (Å²) in [7, 11) is 0. The summed E-state index contributed by atoms with van der Waals surface area (Å²) in [6.07, 6.45) is 0. The van der Waals surface area contributed by atoms with Crippen LogP contribution in [0.1, 0.15) is 15.9 Å². The number of amides is 2. The average molecular weight is 248 g/mol. The summed E-state index contributed by atoms with van der Waals surface area (Å²) >= 11 is 0. The molecule has 2 rings (SSSR count). The first-order chi connectivity index (χ1) is 8.49. The number of hydrogen-bond acceptors (Lipinski definition) is 3. The van der Waals surface area contributed by atoms with Gasteiger partial charge >= 0.3 is 5.97 Å². The molecule has 1 saturated heterocycles. The maximum Gasteiger partial charge on any atom is 0.335 e. The third kappa shape index (κ3) is 2.17. The number of carboxylic acid groups (broad SMARTS) is 1. The summed E-state index contributed by atoms with van der Waals surface area (Å²) in [6.45, 7) is 1.65. The molecule has 18 heavy (non-hydrogen) atoms. The summed E-state index contributed by atoms with van der Waals surface area (Å²) in [4.78, 5) is 35.2. The molecular formula is C12H12N2O4. The molecule has 0 unspecified atom stereocenters. The van der Waals surface area contributed by atoms with Crippen molar-refractivity contribution < 1.29 is 19.5 Å². The lowest BCUT2D eigenvalue weighted by Gasteiger charge is -2.28. The number of carbonyl (C=O) groups is 3. The Labute approximate surface area is 103 Å². The van der Waals surface area contributed by atoms with Crippen LogP contribution in [0, 0.1) is 6.92 Å². The van der Waals surface area contributed by atoms with Crippen molar-refractivity contribution in [2.75, 3.05) is 18.0 Å². The largest absolute Gasteiger partial charge is 0.478 e. The quantitative estimate of drug-likeness (QED) is 0.780. The Morgan fingerprint density at radius 2 is 2.11 bits per heavy atom. The van der Waals surface area contributed by atoms with Crippen molar-refractivity contribution in [2.45, 2.75) is 6.92 Å². The molecule has 1 heterocycles. The Balaban J connectivity index is 2.35. The Morgan fingerprint density at radius 3 is 2.72 bits per heavy atom. The molecule has 1 aromatic carbocycles. The zero-order valence-electron chi connectivity index (χ0n) is 9.77. The number of carboxylic acids is 1. The first-order valence-corrected chi connectivity index (χ1v) is 5.40. The van der Waals surface area contributed by atoms with Gasteiger partial charge in [0.05, 0.1) is 12.1 Å². The van der Waals surface area contributed by atoms with Gasteiger partial charge in [-0.05, 0) is 30.7 Å². The molecule has 6 nitrogen and oxygen atoms in total. The molecule has 0 atom stereocenters. The third-order valence-electron chi connectivity index (χ3n) is 2.77. The number of nitrogens with one attached hydrogen (secondary N) is 1. The van der Waals surface area contributed by atoms with Gasteiger partial charge in [-0.15, -0.1) is 0 Å². The second-order valence-corrected chi connectivity index (χ2v) is 4.06. The smallest absolute Gasteiger partial charge is 0.335 e. The minimum absolute atomic E-state index is 0.0288. The van der Waals surface area contributed by atoms with Gasteiger partial charge in [0, 0.05) is 5.69 Å². The van der Waals surface area contributed by atoms with E-state index in [1.807, 2.05) is 0 Å². The molecule has 0 aromatic heterocycles. The van der Waals surface area contributed by atoms with E-state index in [-0.39, 0.29) is 30.5 Å². The van der Waals surface area contributed by atoms with Crippen molar-refractivity contribution in [3.8, 4) is 0 Å². The molecule has 2 amide bonds. The van der Waals surface area contributed by atoms with Gasteiger partial charge in [-0.25, -0.2) is 4.79 Å². The van der Waals surface area contributed by atoms with E-state index in [0.29, 0.717) is 11.3 Å². The summed E-state index contributed by atoms with van der Waals surface area (Å²) in [5.41, 5.74) is 1.38. The van der Waals surface area contributed by atoms with Crippen molar-refractivity contribution in [3.63, 3.8) is 0 Å². The molecule has 6 heteroatoms. The van der Waals surface area contributed by atoms with Crippen LogP contribution >= 0.6 is 0 Å².